The number of nitrogens with zero attached hydrogens (tertiary/aromatic N) is 3. The molecule has 0 saturated heterocycles. The van der Waals surface area contributed by atoms with Gasteiger partial charge in [-0.25, -0.2) is 4.98 Å². The third-order valence-corrected chi connectivity index (χ3v) is 5.80. The maximum Gasteiger partial charge on any atom is 0.272 e. The number of hydrogen-bond donors (Lipinski definition) is 0. The maximum absolute atomic E-state index is 12.9. The SMILES string of the molecule is CCN(C)C(/C=C\I)=C1/CSc2c1ncn(-c1ccc(Cl)cc1)c2=O. The Balaban J connectivity index is 2.13. The summed E-state index contributed by atoms with van der Waals surface area (Å²) in [6.45, 7) is 3.00. The summed E-state index contributed by atoms with van der Waals surface area (Å²) in [6, 6.07) is 7.19. The van der Waals surface area contributed by atoms with Gasteiger partial charge in [0.1, 0.15) is 6.33 Å². The van der Waals surface area contributed by atoms with Crippen LogP contribution in [0.4, 0.5) is 0 Å². The minimum atomic E-state index is -0.0377. The number of benzene rings is 1. The van der Waals surface area contributed by atoms with Gasteiger partial charge in [-0.2, -0.15) is 0 Å². The molecule has 2 aromatic rings. The molecule has 130 valence electrons. The molecule has 0 N–H and O–H groups in total. The Bertz CT molecular complexity index is 906. The lowest BCUT2D eigenvalue weighted by Gasteiger charge is -2.20. The molecule has 0 saturated carbocycles. The van der Waals surface area contributed by atoms with Crippen molar-refractivity contribution in [2.24, 2.45) is 0 Å². The average Bonchev–Trinajstić information content (AvgIpc) is 3.05. The summed E-state index contributed by atoms with van der Waals surface area (Å²) < 4.78 is 3.56. The van der Waals surface area contributed by atoms with Crippen molar-refractivity contribution in [3.8, 4) is 5.69 Å². The van der Waals surface area contributed by atoms with Gasteiger partial charge in [0.25, 0.3) is 5.56 Å². The summed E-state index contributed by atoms with van der Waals surface area (Å²) in [5, 5.41) is 0.642. The van der Waals surface area contributed by atoms with Gasteiger partial charge in [0, 0.05) is 35.6 Å². The zero-order valence-corrected chi connectivity index (χ0v) is 17.6. The van der Waals surface area contributed by atoms with Gasteiger partial charge in [-0.1, -0.05) is 34.2 Å². The molecular weight excluding hydrogens is 469 g/mol. The van der Waals surface area contributed by atoms with Crippen molar-refractivity contribution in [1.29, 1.82) is 0 Å². The smallest absolute Gasteiger partial charge is 0.272 e. The van der Waals surface area contributed by atoms with Gasteiger partial charge in [0.2, 0.25) is 0 Å². The lowest BCUT2D eigenvalue weighted by Crippen LogP contribution is -2.21. The molecule has 0 fully saturated rings. The number of likely N-dealkylation sites (N-methyl/N-ethyl adjacent to an activating group) is 1. The number of fused-ring (bicyclic) bond motifs is 1. The second-order valence-electron chi connectivity index (χ2n) is 5.53. The molecule has 7 heteroatoms. The van der Waals surface area contributed by atoms with Crippen molar-refractivity contribution >= 4 is 51.5 Å². The summed E-state index contributed by atoms with van der Waals surface area (Å²) in [7, 11) is 2.05. The highest BCUT2D eigenvalue weighted by atomic mass is 127. The molecule has 1 aliphatic heterocycles. The third-order valence-electron chi connectivity index (χ3n) is 4.10. The molecule has 1 aliphatic rings. The van der Waals surface area contributed by atoms with Crippen LogP contribution >= 0.6 is 46.0 Å². The zero-order chi connectivity index (χ0) is 18.0. The molecule has 0 spiro atoms. The number of rotatable bonds is 4. The third kappa shape index (κ3) is 3.66. The normalized spacial score (nSPS) is 15.5. The molecule has 0 bridgehead atoms. The Kier molecular flexibility index (Phi) is 5.91. The molecule has 0 atom stereocenters. The van der Waals surface area contributed by atoms with Crippen molar-refractivity contribution < 1.29 is 0 Å². The van der Waals surface area contributed by atoms with Crippen LogP contribution in [0.2, 0.25) is 5.02 Å². The number of thioether (sulfide) groups is 1. The molecule has 0 aliphatic carbocycles. The monoisotopic (exact) mass is 485 g/mol. The lowest BCUT2D eigenvalue weighted by atomic mass is 10.1. The molecular formula is C18H17ClIN3OS. The van der Waals surface area contributed by atoms with E-state index in [-0.39, 0.29) is 5.56 Å². The van der Waals surface area contributed by atoms with Gasteiger partial charge >= 0.3 is 0 Å². The van der Waals surface area contributed by atoms with Gasteiger partial charge in [0.05, 0.1) is 16.3 Å². The van der Waals surface area contributed by atoms with E-state index in [1.54, 1.807) is 34.8 Å². The summed E-state index contributed by atoms with van der Waals surface area (Å²) >= 11 is 9.70. The molecule has 1 aromatic carbocycles. The molecule has 3 rings (SSSR count). The van der Waals surface area contributed by atoms with Crippen LogP contribution in [0.3, 0.4) is 0 Å². The highest BCUT2D eigenvalue weighted by Gasteiger charge is 2.26. The summed E-state index contributed by atoms with van der Waals surface area (Å²) in [4.78, 5) is 20.4. The molecule has 4 nitrogen and oxygen atoms in total. The molecule has 2 heterocycles. The van der Waals surface area contributed by atoms with Gasteiger partial charge in [0.15, 0.2) is 0 Å². The van der Waals surface area contributed by atoms with Gasteiger partial charge in [-0.05, 0) is 41.3 Å². The Hall–Kier alpha value is -1.25. The minimum absolute atomic E-state index is 0.0377. The van der Waals surface area contributed by atoms with Crippen LogP contribution in [0.25, 0.3) is 11.3 Å². The van der Waals surface area contributed by atoms with Crippen LogP contribution in [0, 0.1) is 0 Å². The van der Waals surface area contributed by atoms with Crippen molar-refractivity contribution in [1.82, 2.24) is 14.5 Å². The molecule has 0 radical (unpaired) electrons. The summed E-state index contributed by atoms with van der Waals surface area (Å²) in [5.74, 6) is 0.753. The van der Waals surface area contributed by atoms with Gasteiger partial charge in [-0.3, -0.25) is 9.36 Å². The standard InChI is InChI=1S/C18H17ClIN3OS/c1-3-22(2)15(8-9-20)14-10-25-17-16(14)21-11-23(18(17)24)13-6-4-12(19)5-7-13/h4-9,11H,3,10H2,1-2H3/b9-8-,15-14-. The van der Waals surface area contributed by atoms with Crippen LogP contribution in [0.1, 0.15) is 12.6 Å². The van der Waals surface area contributed by atoms with E-state index in [1.807, 2.05) is 16.2 Å². The van der Waals surface area contributed by atoms with Crippen molar-refractivity contribution in [3.63, 3.8) is 0 Å². The van der Waals surface area contributed by atoms with E-state index >= 15 is 0 Å². The number of allylic oxidation sites excluding steroid dienone is 1. The second kappa shape index (κ2) is 7.97. The maximum atomic E-state index is 12.9. The topological polar surface area (TPSA) is 38.1 Å². The van der Waals surface area contributed by atoms with Gasteiger partial charge < -0.3 is 4.90 Å². The fourth-order valence-corrected chi connectivity index (χ4v) is 4.24. The van der Waals surface area contributed by atoms with E-state index in [1.165, 1.54) is 0 Å². The Morgan fingerprint density at radius 3 is 2.80 bits per heavy atom. The number of aromatic nitrogens is 2. The van der Waals surface area contributed by atoms with Crippen molar-refractivity contribution in [2.75, 3.05) is 19.3 Å². The zero-order valence-electron chi connectivity index (χ0n) is 13.9. The Labute approximate surface area is 169 Å². The van der Waals surface area contributed by atoms with E-state index in [0.717, 1.165) is 34.9 Å². The first-order valence-electron chi connectivity index (χ1n) is 7.78. The number of hydrogen-bond acceptors (Lipinski definition) is 4. The van der Waals surface area contributed by atoms with Crippen molar-refractivity contribution in [3.05, 3.63) is 67.5 Å². The van der Waals surface area contributed by atoms with E-state index in [9.17, 15) is 4.79 Å². The van der Waals surface area contributed by atoms with Crippen LogP contribution in [0.15, 0.2) is 56.1 Å². The van der Waals surface area contributed by atoms with E-state index in [2.05, 4.69) is 52.5 Å². The fourth-order valence-electron chi connectivity index (χ4n) is 2.66. The first-order valence-corrected chi connectivity index (χ1v) is 10.4. The highest BCUT2D eigenvalue weighted by Crippen LogP contribution is 2.38. The lowest BCUT2D eigenvalue weighted by molar-refractivity contribution is 0.458. The predicted octanol–water partition coefficient (Wildman–Crippen LogP) is 4.60. The molecule has 0 amide bonds. The summed E-state index contributed by atoms with van der Waals surface area (Å²) in [5.41, 5.74) is 3.74. The largest absolute Gasteiger partial charge is 0.375 e. The average molecular weight is 486 g/mol. The Morgan fingerprint density at radius 2 is 2.16 bits per heavy atom. The van der Waals surface area contributed by atoms with Crippen LogP contribution in [-0.2, 0) is 0 Å². The Morgan fingerprint density at radius 1 is 1.44 bits per heavy atom. The first kappa shape index (κ1) is 18.5. The van der Waals surface area contributed by atoms with Crippen LogP contribution in [-0.4, -0.2) is 33.8 Å². The highest BCUT2D eigenvalue weighted by molar-refractivity contribution is 14.1. The van der Waals surface area contributed by atoms with E-state index < -0.39 is 0 Å². The van der Waals surface area contributed by atoms with Crippen LogP contribution < -0.4 is 5.56 Å². The van der Waals surface area contributed by atoms with Crippen LogP contribution in [0.5, 0.6) is 0 Å². The van der Waals surface area contributed by atoms with E-state index in [4.69, 9.17) is 11.6 Å². The second-order valence-corrected chi connectivity index (χ2v) is 7.67. The molecule has 0 unspecified atom stereocenters. The number of halogens is 2. The van der Waals surface area contributed by atoms with E-state index in [0.29, 0.717) is 9.92 Å². The fraction of sp³-hybridized carbons (Fsp3) is 0.222. The first-order chi connectivity index (χ1) is 12.1. The van der Waals surface area contributed by atoms with Gasteiger partial charge in [-0.15, -0.1) is 11.8 Å². The molecule has 1 aromatic heterocycles. The quantitative estimate of drug-likeness (QED) is 0.593. The minimum Gasteiger partial charge on any atom is -0.375 e. The molecule has 25 heavy (non-hydrogen) atoms. The predicted molar refractivity (Wildman–Crippen MR) is 114 cm³/mol. The summed E-state index contributed by atoms with van der Waals surface area (Å²) in [6.07, 6.45) is 3.68. The van der Waals surface area contributed by atoms with Crippen molar-refractivity contribution in [2.45, 2.75) is 11.8 Å².